The van der Waals surface area contributed by atoms with Crippen molar-refractivity contribution in [3.05, 3.63) is 229 Å². The Labute approximate surface area is 381 Å². The molecule has 0 amide bonds. The number of aromatic nitrogens is 2. The molecule has 0 aliphatic heterocycles. The van der Waals surface area contributed by atoms with Crippen LogP contribution in [0.25, 0.3) is 121 Å². The molecule has 4 nitrogen and oxygen atoms in total. The molecular weight excluding hydrogens is 861 g/mol. The molecule has 0 atom stereocenters. The van der Waals surface area contributed by atoms with Gasteiger partial charge < -0.3 is 18.0 Å². The zero-order valence-corrected chi connectivity index (χ0v) is 36.5. The van der Waals surface area contributed by atoms with Gasteiger partial charge in [0.25, 0.3) is 0 Å². The van der Waals surface area contributed by atoms with Crippen molar-refractivity contribution in [2.24, 2.45) is 0 Å². The zero-order chi connectivity index (χ0) is 43.0. The fourth-order valence-electron chi connectivity index (χ4n) is 9.85. The van der Waals surface area contributed by atoms with Crippen LogP contribution in [0.1, 0.15) is 0 Å². The van der Waals surface area contributed by atoms with Gasteiger partial charge in [-0.2, -0.15) is 0 Å². The fourth-order valence-corrected chi connectivity index (χ4v) is 10.2. The van der Waals surface area contributed by atoms with Gasteiger partial charge in [0.05, 0.1) is 22.1 Å². The van der Waals surface area contributed by atoms with Crippen LogP contribution in [0.2, 0.25) is 0 Å². The first kappa shape index (κ1) is 37.4. The van der Waals surface area contributed by atoms with Crippen molar-refractivity contribution in [2.75, 3.05) is 0 Å². The quantitative estimate of drug-likeness (QED) is 0.176. The van der Waals surface area contributed by atoms with E-state index < -0.39 is 0 Å². The highest BCUT2D eigenvalue weighted by Gasteiger charge is 2.17. The Bertz CT molecular complexity index is 4130. The molecule has 10 aromatic carbocycles. The molecule has 306 valence electrons. The second-order valence-corrected chi connectivity index (χ2v) is 17.5. The summed E-state index contributed by atoms with van der Waals surface area (Å²) >= 11 is 3.46. The summed E-state index contributed by atoms with van der Waals surface area (Å²) in [4.78, 5) is 0. The minimum absolute atomic E-state index is 0.906. The number of halogens is 1. The monoisotopic (exact) mass is 896 g/mol. The van der Waals surface area contributed by atoms with Crippen molar-refractivity contribution in [2.45, 2.75) is 0 Å². The molecule has 4 heterocycles. The van der Waals surface area contributed by atoms with E-state index in [1.54, 1.807) is 0 Å². The van der Waals surface area contributed by atoms with Crippen molar-refractivity contribution in [1.82, 2.24) is 9.13 Å². The lowest BCUT2D eigenvalue weighted by Gasteiger charge is -2.10. The van der Waals surface area contributed by atoms with Crippen molar-refractivity contribution in [1.29, 1.82) is 0 Å². The van der Waals surface area contributed by atoms with Gasteiger partial charge in [0.2, 0.25) is 0 Å². The van der Waals surface area contributed by atoms with Crippen LogP contribution >= 0.6 is 15.9 Å². The van der Waals surface area contributed by atoms with Gasteiger partial charge in [-0.05, 0) is 119 Å². The summed E-state index contributed by atoms with van der Waals surface area (Å²) < 4.78 is 17.7. The Hall–Kier alpha value is -8.12. The predicted octanol–water partition coefficient (Wildman–Crippen LogP) is 17.5. The van der Waals surface area contributed by atoms with Crippen LogP contribution in [0.15, 0.2) is 238 Å². The van der Waals surface area contributed by atoms with Crippen LogP contribution in [-0.2, 0) is 0 Å². The van der Waals surface area contributed by atoms with E-state index in [-0.39, 0.29) is 0 Å². The van der Waals surface area contributed by atoms with E-state index in [1.807, 2.05) is 42.5 Å². The number of hydrogen-bond donors (Lipinski definition) is 0. The third-order valence-corrected chi connectivity index (χ3v) is 13.4. The Balaban J connectivity index is 0.000000257. The molecule has 0 unspecified atom stereocenters. The maximum Gasteiger partial charge on any atom is 0.135 e. The molecule has 0 fully saturated rings. The van der Waals surface area contributed by atoms with Crippen LogP contribution in [0, 0.1) is 0 Å². The second-order valence-electron chi connectivity index (χ2n) is 16.6. The molecule has 0 N–H and O–H groups in total. The molecule has 4 aromatic heterocycles. The van der Waals surface area contributed by atoms with Gasteiger partial charge in [-0.1, -0.05) is 143 Å². The maximum absolute atomic E-state index is 6.16. The molecule has 0 aliphatic rings. The molecule has 65 heavy (non-hydrogen) atoms. The van der Waals surface area contributed by atoms with E-state index in [0.717, 1.165) is 54.3 Å². The highest BCUT2D eigenvalue weighted by Crippen LogP contribution is 2.40. The average molecular weight is 898 g/mol. The molecule has 0 saturated heterocycles. The summed E-state index contributed by atoms with van der Waals surface area (Å²) in [5, 5.41) is 9.58. The molecular formula is C60H37BrN2O2. The Morgan fingerprint density at radius 1 is 0.262 bits per heavy atom. The largest absolute Gasteiger partial charge is 0.456 e. The smallest absolute Gasteiger partial charge is 0.135 e. The minimum Gasteiger partial charge on any atom is -0.456 e. The minimum atomic E-state index is 0.906. The van der Waals surface area contributed by atoms with Crippen LogP contribution in [0.5, 0.6) is 0 Å². The fraction of sp³-hybridized carbons (Fsp3) is 0. The summed E-state index contributed by atoms with van der Waals surface area (Å²) in [6, 6.07) is 79.7. The highest BCUT2D eigenvalue weighted by molar-refractivity contribution is 9.10. The lowest BCUT2D eigenvalue weighted by Crippen LogP contribution is -1.94. The van der Waals surface area contributed by atoms with Gasteiger partial charge in [-0.3, -0.25) is 0 Å². The highest BCUT2D eigenvalue weighted by atomic mass is 79.9. The SMILES string of the molecule is Brc1ccc2oc3ccccc3c2c1.c1ccc(-c2ccc(-n3c4ccccc4c4cc(-c5ccc6c(c5)c5ccccc5n6-c5ccc6oc7ccccc7c6c5)ccc43)cc2)cc1. The van der Waals surface area contributed by atoms with Crippen molar-refractivity contribution >= 4 is 103 Å². The first-order valence-electron chi connectivity index (χ1n) is 21.8. The molecule has 0 spiro atoms. The normalized spacial score (nSPS) is 11.8. The summed E-state index contributed by atoms with van der Waals surface area (Å²) in [6.07, 6.45) is 0. The zero-order valence-electron chi connectivity index (χ0n) is 35.0. The van der Waals surface area contributed by atoms with Gasteiger partial charge in [0.1, 0.15) is 22.3 Å². The first-order valence-corrected chi connectivity index (χ1v) is 22.6. The number of nitrogens with zero attached hydrogens (tertiary/aromatic N) is 2. The Kier molecular flexibility index (Phi) is 8.65. The topological polar surface area (TPSA) is 36.1 Å². The number of hydrogen-bond acceptors (Lipinski definition) is 2. The summed E-state index contributed by atoms with van der Waals surface area (Å²) in [5.74, 6) is 0. The molecule has 0 aliphatic carbocycles. The van der Waals surface area contributed by atoms with E-state index in [4.69, 9.17) is 8.83 Å². The molecule has 0 radical (unpaired) electrons. The lowest BCUT2D eigenvalue weighted by molar-refractivity contribution is 0.668. The van der Waals surface area contributed by atoms with Crippen molar-refractivity contribution in [3.63, 3.8) is 0 Å². The van der Waals surface area contributed by atoms with Gasteiger partial charge >= 0.3 is 0 Å². The number of furan rings is 2. The lowest BCUT2D eigenvalue weighted by atomic mass is 10.0. The van der Waals surface area contributed by atoms with Gasteiger partial charge in [-0.25, -0.2) is 0 Å². The molecule has 14 aromatic rings. The molecule has 14 rings (SSSR count). The van der Waals surface area contributed by atoms with Gasteiger partial charge in [-0.15, -0.1) is 0 Å². The Morgan fingerprint density at radius 2 is 0.677 bits per heavy atom. The van der Waals surface area contributed by atoms with Crippen LogP contribution in [-0.4, -0.2) is 9.13 Å². The average Bonchev–Trinajstić information content (AvgIpc) is 4.11. The maximum atomic E-state index is 6.16. The first-order chi connectivity index (χ1) is 32.1. The Morgan fingerprint density at radius 3 is 1.28 bits per heavy atom. The van der Waals surface area contributed by atoms with E-state index >= 15 is 0 Å². The van der Waals surface area contributed by atoms with Crippen molar-refractivity contribution < 1.29 is 8.83 Å². The van der Waals surface area contributed by atoms with Gasteiger partial charge in [0, 0.05) is 58.9 Å². The molecule has 0 saturated carbocycles. The van der Waals surface area contributed by atoms with E-state index in [2.05, 4.69) is 207 Å². The summed E-state index contributed by atoms with van der Waals surface area (Å²) in [6.45, 7) is 0. The number of fused-ring (bicyclic) bond motifs is 12. The standard InChI is InChI=1S/C48H30N2O.C12H7BrO/c1-2-10-31(11-3-1)32-18-22-35(23-19-32)49-43-15-7-4-12-37(43)40-28-33(20-25-45(40)49)34-21-26-46-41(29-34)38-13-5-8-16-44(38)50(46)36-24-27-48-42(30-36)39-14-6-9-17-47(39)51-48;13-8-5-6-12-10(7-8)9-3-1-2-4-11(9)14-12/h1-30H;1-7H. The number of para-hydroxylation sites is 4. The van der Waals surface area contributed by atoms with E-state index in [9.17, 15) is 0 Å². The van der Waals surface area contributed by atoms with Gasteiger partial charge in [0.15, 0.2) is 0 Å². The number of benzene rings is 10. The number of rotatable bonds is 4. The molecule has 0 bridgehead atoms. The van der Waals surface area contributed by atoms with Crippen LogP contribution in [0.4, 0.5) is 0 Å². The summed E-state index contributed by atoms with van der Waals surface area (Å²) in [7, 11) is 0. The third-order valence-electron chi connectivity index (χ3n) is 12.9. The van der Waals surface area contributed by atoms with E-state index in [1.165, 1.54) is 71.3 Å². The second kappa shape index (κ2) is 15.0. The van der Waals surface area contributed by atoms with Crippen LogP contribution < -0.4 is 0 Å². The molecule has 5 heteroatoms. The predicted molar refractivity (Wildman–Crippen MR) is 275 cm³/mol. The van der Waals surface area contributed by atoms with Crippen LogP contribution in [0.3, 0.4) is 0 Å². The summed E-state index contributed by atoms with van der Waals surface area (Å²) in [5.41, 5.74) is 15.6. The third kappa shape index (κ3) is 6.19. The van der Waals surface area contributed by atoms with Crippen molar-refractivity contribution in [3.8, 4) is 33.6 Å². The van der Waals surface area contributed by atoms with E-state index in [0.29, 0.717) is 0 Å².